The van der Waals surface area contributed by atoms with Crippen LogP contribution < -0.4 is 10.2 Å². The average Bonchev–Trinajstić information content (AvgIpc) is 2.56. The first-order chi connectivity index (χ1) is 9.08. The van der Waals surface area contributed by atoms with E-state index in [-0.39, 0.29) is 0 Å². The van der Waals surface area contributed by atoms with E-state index in [1.807, 2.05) is 0 Å². The number of rotatable bonds is 4. The fourth-order valence-corrected chi connectivity index (χ4v) is 2.68. The van der Waals surface area contributed by atoms with Crippen LogP contribution in [0.2, 0.25) is 0 Å². The Labute approximate surface area is 118 Å². The first-order valence-corrected chi connectivity index (χ1v) is 7.64. The maximum absolute atomic E-state index is 3.71. The molecule has 19 heavy (non-hydrogen) atoms. The van der Waals surface area contributed by atoms with E-state index in [0.717, 1.165) is 19.0 Å². The van der Waals surface area contributed by atoms with E-state index in [1.165, 1.54) is 24.2 Å². The van der Waals surface area contributed by atoms with Gasteiger partial charge in [0.05, 0.1) is 0 Å². The molecule has 0 saturated carbocycles. The first-order valence-electron chi connectivity index (χ1n) is 7.64. The molecule has 0 amide bonds. The Morgan fingerprint density at radius 3 is 2.63 bits per heavy atom. The van der Waals surface area contributed by atoms with Crippen LogP contribution in [0.3, 0.4) is 0 Å². The van der Waals surface area contributed by atoms with Crippen LogP contribution >= 0.6 is 0 Å². The number of fused-ring (bicyclic) bond motifs is 1. The van der Waals surface area contributed by atoms with Gasteiger partial charge in [-0.25, -0.2) is 0 Å². The molecule has 1 aromatic carbocycles. The number of benzene rings is 1. The summed E-state index contributed by atoms with van der Waals surface area (Å²) >= 11 is 0. The Morgan fingerprint density at radius 2 is 1.95 bits per heavy atom. The second kappa shape index (κ2) is 6.42. The molecule has 0 saturated heterocycles. The van der Waals surface area contributed by atoms with E-state index < -0.39 is 0 Å². The Morgan fingerprint density at radius 1 is 1.21 bits per heavy atom. The van der Waals surface area contributed by atoms with Crippen molar-refractivity contribution in [2.75, 3.05) is 18.0 Å². The van der Waals surface area contributed by atoms with Crippen molar-refractivity contribution in [3.05, 3.63) is 29.8 Å². The molecule has 106 valence electrons. The van der Waals surface area contributed by atoms with Crippen LogP contribution in [0.4, 0.5) is 5.69 Å². The number of para-hydroxylation sites is 1. The molecule has 0 aromatic heterocycles. The summed E-state index contributed by atoms with van der Waals surface area (Å²) in [7, 11) is 0. The van der Waals surface area contributed by atoms with E-state index in [9.17, 15) is 0 Å². The molecular weight excluding hydrogens is 232 g/mol. The molecule has 1 aliphatic rings. The van der Waals surface area contributed by atoms with Gasteiger partial charge in [0.15, 0.2) is 0 Å². The molecule has 1 aromatic rings. The van der Waals surface area contributed by atoms with Gasteiger partial charge in [0, 0.05) is 31.4 Å². The van der Waals surface area contributed by atoms with Crippen LogP contribution in [0.1, 0.15) is 39.7 Å². The standard InChI is InChI=1S/C17H28N2/c1-13(2)9-10-19-12-16(14(3)4)18-11-15-7-5-6-8-17(15)19/h5-8,13-14,16,18H,9-12H2,1-4H3. The predicted octanol–water partition coefficient (Wildman–Crippen LogP) is 3.67. The van der Waals surface area contributed by atoms with Gasteiger partial charge in [0.25, 0.3) is 0 Å². The van der Waals surface area contributed by atoms with Gasteiger partial charge in [-0.15, -0.1) is 0 Å². The fourth-order valence-electron chi connectivity index (χ4n) is 2.68. The third-order valence-electron chi connectivity index (χ3n) is 4.09. The van der Waals surface area contributed by atoms with E-state index in [1.54, 1.807) is 0 Å². The monoisotopic (exact) mass is 260 g/mol. The summed E-state index contributed by atoms with van der Waals surface area (Å²) in [4.78, 5) is 2.58. The lowest BCUT2D eigenvalue weighted by molar-refractivity contribution is 0.400. The molecule has 2 rings (SSSR count). The highest BCUT2D eigenvalue weighted by molar-refractivity contribution is 5.54. The van der Waals surface area contributed by atoms with Crippen LogP contribution in [0.25, 0.3) is 0 Å². The second-order valence-electron chi connectivity index (χ2n) is 6.49. The van der Waals surface area contributed by atoms with Gasteiger partial charge < -0.3 is 10.2 Å². The summed E-state index contributed by atoms with van der Waals surface area (Å²) in [5.74, 6) is 1.44. The fraction of sp³-hybridized carbons (Fsp3) is 0.647. The molecule has 0 bridgehead atoms. The third kappa shape index (κ3) is 3.73. The molecule has 1 unspecified atom stereocenters. The van der Waals surface area contributed by atoms with E-state index in [2.05, 4.69) is 62.2 Å². The lowest BCUT2D eigenvalue weighted by Crippen LogP contribution is -2.42. The zero-order valence-corrected chi connectivity index (χ0v) is 12.8. The summed E-state index contributed by atoms with van der Waals surface area (Å²) in [5, 5.41) is 3.71. The first kappa shape index (κ1) is 14.4. The van der Waals surface area contributed by atoms with E-state index >= 15 is 0 Å². The van der Waals surface area contributed by atoms with E-state index in [4.69, 9.17) is 0 Å². The summed E-state index contributed by atoms with van der Waals surface area (Å²) in [5.41, 5.74) is 2.87. The number of nitrogens with zero attached hydrogens (tertiary/aromatic N) is 1. The van der Waals surface area contributed by atoms with Crippen molar-refractivity contribution in [3.63, 3.8) is 0 Å². The predicted molar refractivity (Wildman–Crippen MR) is 83.6 cm³/mol. The molecule has 1 heterocycles. The van der Waals surface area contributed by atoms with Crippen molar-refractivity contribution in [2.45, 2.75) is 46.7 Å². The quantitative estimate of drug-likeness (QED) is 0.888. The Balaban J connectivity index is 2.19. The van der Waals surface area contributed by atoms with Crippen LogP contribution in [-0.4, -0.2) is 19.1 Å². The van der Waals surface area contributed by atoms with Crippen molar-refractivity contribution in [3.8, 4) is 0 Å². The highest BCUT2D eigenvalue weighted by atomic mass is 15.2. The molecule has 0 fully saturated rings. The van der Waals surface area contributed by atoms with Gasteiger partial charge in [-0.05, 0) is 29.9 Å². The molecule has 1 atom stereocenters. The molecule has 0 spiro atoms. The highest BCUT2D eigenvalue weighted by Gasteiger charge is 2.23. The van der Waals surface area contributed by atoms with Gasteiger partial charge >= 0.3 is 0 Å². The van der Waals surface area contributed by atoms with E-state index in [0.29, 0.717) is 12.0 Å². The maximum Gasteiger partial charge on any atom is 0.0412 e. The molecule has 2 heteroatoms. The van der Waals surface area contributed by atoms with Crippen molar-refractivity contribution < 1.29 is 0 Å². The molecule has 1 N–H and O–H groups in total. The lowest BCUT2D eigenvalue weighted by Gasteiger charge is -2.30. The molecule has 0 aliphatic carbocycles. The van der Waals surface area contributed by atoms with Gasteiger partial charge in [-0.1, -0.05) is 45.9 Å². The Bertz CT molecular complexity index is 398. The SMILES string of the molecule is CC(C)CCN1CC(C(C)C)NCc2ccccc21. The number of nitrogens with one attached hydrogen (secondary N) is 1. The zero-order valence-electron chi connectivity index (χ0n) is 12.8. The molecule has 0 radical (unpaired) electrons. The van der Waals surface area contributed by atoms with Gasteiger partial charge in [0.2, 0.25) is 0 Å². The highest BCUT2D eigenvalue weighted by Crippen LogP contribution is 2.25. The smallest absolute Gasteiger partial charge is 0.0412 e. The average molecular weight is 260 g/mol. The topological polar surface area (TPSA) is 15.3 Å². The number of hydrogen-bond donors (Lipinski definition) is 1. The van der Waals surface area contributed by atoms with Gasteiger partial charge in [0.1, 0.15) is 0 Å². The summed E-state index contributed by atoms with van der Waals surface area (Å²) < 4.78 is 0. The van der Waals surface area contributed by atoms with Crippen molar-refractivity contribution >= 4 is 5.69 Å². The van der Waals surface area contributed by atoms with Crippen molar-refractivity contribution in [1.29, 1.82) is 0 Å². The minimum atomic E-state index is 0.583. The second-order valence-corrected chi connectivity index (χ2v) is 6.49. The number of hydrogen-bond acceptors (Lipinski definition) is 2. The lowest BCUT2D eigenvalue weighted by atomic mass is 10.0. The molecule has 1 aliphatic heterocycles. The maximum atomic E-state index is 3.71. The van der Waals surface area contributed by atoms with Crippen LogP contribution in [0.5, 0.6) is 0 Å². The largest absolute Gasteiger partial charge is 0.370 e. The summed E-state index contributed by atoms with van der Waals surface area (Å²) in [6, 6.07) is 9.43. The van der Waals surface area contributed by atoms with Crippen molar-refractivity contribution in [1.82, 2.24) is 5.32 Å². The molecule has 2 nitrogen and oxygen atoms in total. The Hall–Kier alpha value is -1.02. The van der Waals surface area contributed by atoms with Gasteiger partial charge in [-0.3, -0.25) is 0 Å². The van der Waals surface area contributed by atoms with Crippen LogP contribution in [0, 0.1) is 11.8 Å². The zero-order chi connectivity index (χ0) is 13.8. The normalized spacial score (nSPS) is 19.7. The third-order valence-corrected chi connectivity index (χ3v) is 4.09. The summed E-state index contributed by atoms with van der Waals surface area (Å²) in [6.45, 7) is 12.5. The van der Waals surface area contributed by atoms with Crippen LogP contribution in [0.15, 0.2) is 24.3 Å². The van der Waals surface area contributed by atoms with Crippen LogP contribution in [-0.2, 0) is 6.54 Å². The van der Waals surface area contributed by atoms with Gasteiger partial charge in [-0.2, -0.15) is 0 Å². The minimum absolute atomic E-state index is 0.583. The van der Waals surface area contributed by atoms with Crippen molar-refractivity contribution in [2.24, 2.45) is 11.8 Å². The molecular formula is C17H28N2. The number of anilines is 1. The summed E-state index contributed by atoms with van der Waals surface area (Å²) in [6.07, 6.45) is 1.26. The Kier molecular flexibility index (Phi) is 4.87. The minimum Gasteiger partial charge on any atom is -0.370 e.